The first kappa shape index (κ1) is 19.2. The summed E-state index contributed by atoms with van der Waals surface area (Å²) >= 11 is 0. The lowest BCUT2D eigenvalue weighted by Gasteiger charge is -2.13. The van der Waals surface area contributed by atoms with Crippen molar-refractivity contribution in [3.63, 3.8) is 0 Å². The van der Waals surface area contributed by atoms with E-state index >= 15 is 0 Å². The second-order valence-electron chi connectivity index (χ2n) is 7.93. The molecule has 0 radical (unpaired) electrons. The Balaban J connectivity index is 1.58. The Morgan fingerprint density at radius 1 is 0.645 bits per heavy atom. The average molecular weight is 401 g/mol. The molecular formula is C29H24N2. The molecule has 1 heterocycles. The summed E-state index contributed by atoms with van der Waals surface area (Å²) in [5.74, 6) is 0.773. The fourth-order valence-electron chi connectivity index (χ4n) is 3.87. The van der Waals surface area contributed by atoms with Crippen LogP contribution in [0.1, 0.15) is 24.1 Å². The molecule has 0 saturated carbocycles. The van der Waals surface area contributed by atoms with Gasteiger partial charge in [0.05, 0.1) is 11.4 Å². The van der Waals surface area contributed by atoms with Gasteiger partial charge in [0.15, 0.2) is 5.82 Å². The number of aryl methyl sites for hydroxylation is 1. The fourth-order valence-corrected chi connectivity index (χ4v) is 3.87. The minimum atomic E-state index is 0.773. The van der Waals surface area contributed by atoms with E-state index in [1.54, 1.807) is 0 Å². The Morgan fingerprint density at radius 2 is 1.29 bits per heavy atom. The van der Waals surface area contributed by atoms with E-state index in [2.05, 4.69) is 104 Å². The van der Waals surface area contributed by atoms with Gasteiger partial charge in [-0.25, -0.2) is 9.97 Å². The number of aromatic nitrogens is 2. The van der Waals surface area contributed by atoms with Crippen LogP contribution in [0.5, 0.6) is 0 Å². The lowest BCUT2D eigenvalue weighted by atomic mass is 9.99. The van der Waals surface area contributed by atoms with E-state index in [4.69, 9.17) is 9.97 Å². The molecule has 0 aliphatic heterocycles. The summed E-state index contributed by atoms with van der Waals surface area (Å²) in [5.41, 5.74) is 9.03. The normalized spacial score (nSPS) is 13.1. The summed E-state index contributed by atoms with van der Waals surface area (Å²) in [4.78, 5) is 9.88. The Bertz CT molecular complexity index is 1250. The van der Waals surface area contributed by atoms with Gasteiger partial charge in [0.25, 0.3) is 0 Å². The summed E-state index contributed by atoms with van der Waals surface area (Å²) in [6, 6.07) is 29.7. The third-order valence-electron chi connectivity index (χ3n) is 5.67. The lowest BCUT2D eigenvalue weighted by Crippen LogP contribution is -1.99. The molecule has 0 N–H and O–H groups in total. The molecule has 0 fully saturated rings. The van der Waals surface area contributed by atoms with Crippen LogP contribution in [0.25, 0.3) is 39.3 Å². The second-order valence-corrected chi connectivity index (χ2v) is 7.93. The van der Waals surface area contributed by atoms with Crippen LogP contribution in [-0.2, 0) is 0 Å². The van der Waals surface area contributed by atoms with Crippen LogP contribution in [0, 0.1) is 6.92 Å². The molecule has 0 unspecified atom stereocenters. The Kier molecular flexibility index (Phi) is 5.28. The molecule has 31 heavy (non-hydrogen) atoms. The van der Waals surface area contributed by atoms with Crippen molar-refractivity contribution in [3.8, 4) is 33.8 Å². The number of allylic oxidation sites excluding steroid dienone is 4. The Labute approximate surface area is 183 Å². The van der Waals surface area contributed by atoms with Gasteiger partial charge >= 0.3 is 0 Å². The van der Waals surface area contributed by atoms with Gasteiger partial charge in [0, 0.05) is 11.1 Å². The van der Waals surface area contributed by atoms with E-state index in [0.717, 1.165) is 41.2 Å². The average Bonchev–Trinajstić information content (AvgIpc) is 2.85. The van der Waals surface area contributed by atoms with Gasteiger partial charge < -0.3 is 0 Å². The second kappa shape index (κ2) is 8.53. The highest BCUT2D eigenvalue weighted by Crippen LogP contribution is 2.30. The summed E-state index contributed by atoms with van der Waals surface area (Å²) in [5, 5.41) is 0. The highest BCUT2D eigenvalue weighted by Gasteiger charge is 2.13. The molecule has 0 atom stereocenters. The minimum absolute atomic E-state index is 0.773. The van der Waals surface area contributed by atoms with Gasteiger partial charge in [0.1, 0.15) is 0 Å². The van der Waals surface area contributed by atoms with E-state index in [1.165, 1.54) is 22.3 Å². The number of rotatable bonds is 4. The van der Waals surface area contributed by atoms with Gasteiger partial charge in [-0.15, -0.1) is 0 Å². The van der Waals surface area contributed by atoms with Crippen molar-refractivity contribution < 1.29 is 0 Å². The van der Waals surface area contributed by atoms with E-state index < -0.39 is 0 Å². The Hall–Kier alpha value is -3.78. The molecule has 1 aliphatic carbocycles. The SMILES string of the molecule is Cc1ccc(-c2nc(C3=CC=CCC3)cc(-c3ccc(-c4ccccc4)cc3)n2)cc1. The van der Waals surface area contributed by atoms with Crippen LogP contribution in [-0.4, -0.2) is 9.97 Å². The van der Waals surface area contributed by atoms with Crippen molar-refractivity contribution >= 4 is 5.57 Å². The quantitative estimate of drug-likeness (QED) is 0.354. The van der Waals surface area contributed by atoms with Crippen LogP contribution in [0.4, 0.5) is 0 Å². The highest BCUT2D eigenvalue weighted by molar-refractivity contribution is 5.74. The van der Waals surface area contributed by atoms with Crippen LogP contribution < -0.4 is 0 Å². The lowest BCUT2D eigenvalue weighted by molar-refractivity contribution is 1.03. The third kappa shape index (κ3) is 4.24. The zero-order valence-electron chi connectivity index (χ0n) is 17.6. The van der Waals surface area contributed by atoms with Crippen molar-refractivity contribution in [2.24, 2.45) is 0 Å². The molecular weight excluding hydrogens is 376 g/mol. The van der Waals surface area contributed by atoms with Crippen molar-refractivity contribution in [2.45, 2.75) is 19.8 Å². The first-order valence-electron chi connectivity index (χ1n) is 10.7. The van der Waals surface area contributed by atoms with Crippen molar-refractivity contribution in [2.75, 3.05) is 0 Å². The predicted octanol–water partition coefficient (Wildman–Crippen LogP) is 7.52. The summed E-state index contributed by atoms with van der Waals surface area (Å²) < 4.78 is 0. The molecule has 0 amide bonds. The van der Waals surface area contributed by atoms with E-state index in [9.17, 15) is 0 Å². The fraction of sp³-hybridized carbons (Fsp3) is 0.103. The van der Waals surface area contributed by atoms with Gasteiger partial charge in [-0.2, -0.15) is 0 Å². The zero-order valence-corrected chi connectivity index (χ0v) is 17.6. The maximum absolute atomic E-state index is 4.94. The van der Waals surface area contributed by atoms with Crippen LogP contribution >= 0.6 is 0 Å². The molecule has 0 bridgehead atoms. The number of hydrogen-bond donors (Lipinski definition) is 0. The minimum Gasteiger partial charge on any atom is -0.228 e. The van der Waals surface area contributed by atoms with Crippen LogP contribution in [0.2, 0.25) is 0 Å². The monoisotopic (exact) mass is 400 g/mol. The highest BCUT2D eigenvalue weighted by atomic mass is 14.9. The third-order valence-corrected chi connectivity index (χ3v) is 5.67. The molecule has 150 valence electrons. The van der Waals surface area contributed by atoms with E-state index in [1.807, 2.05) is 6.07 Å². The summed E-state index contributed by atoms with van der Waals surface area (Å²) in [7, 11) is 0. The van der Waals surface area contributed by atoms with Crippen molar-refractivity contribution in [1.82, 2.24) is 9.97 Å². The number of benzene rings is 3. The molecule has 3 aromatic carbocycles. The summed E-state index contributed by atoms with van der Waals surface area (Å²) in [6.07, 6.45) is 8.56. The maximum Gasteiger partial charge on any atom is 0.160 e. The van der Waals surface area contributed by atoms with E-state index in [-0.39, 0.29) is 0 Å². The predicted molar refractivity (Wildman–Crippen MR) is 129 cm³/mol. The largest absolute Gasteiger partial charge is 0.228 e. The number of nitrogens with zero attached hydrogens (tertiary/aromatic N) is 2. The van der Waals surface area contributed by atoms with Gasteiger partial charge in [-0.3, -0.25) is 0 Å². The first-order chi connectivity index (χ1) is 15.3. The van der Waals surface area contributed by atoms with Crippen molar-refractivity contribution in [1.29, 1.82) is 0 Å². The standard InChI is InChI=1S/C29H24N2/c1-21-12-14-26(15-13-21)29-30-27(24-10-6-3-7-11-24)20-28(31-29)25-18-16-23(17-19-25)22-8-4-2-5-9-22/h2-6,8-10,12-20H,7,11H2,1H3. The zero-order chi connectivity index (χ0) is 21.0. The molecule has 0 spiro atoms. The molecule has 2 heteroatoms. The van der Waals surface area contributed by atoms with Gasteiger partial charge in [-0.1, -0.05) is 103 Å². The molecule has 1 aromatic heterocycles. The van der Waals surface area contributed by atoms with Crippen LogP contribution in [0.3, 0.4) is 0 Å². The molecule has 0 saturated heterocycles. The molecule has 4 aromatic rings. The Morgan fingerprint density at radius 3 is 2.00 bits per heavy atom. The molecule has 1 aliphatic rings. The summed E-state index contributed by atoms with van der Waals surface area (Å²) in [6.45, 7) is 2.10. The smallest absolute Gasteiger partial charge is 0.160 e. The topological polar surface area (TPSA) is 25.8 Å². The molecule has 5 rings (SSSR count). The van der Waals surface area contributed by atoms with Gasteiger partial charge in [0.2, 0.25) is 0 Å². The number of hydrogen-bond acceptors (Lipinski definition) is 2. The van der Waals surface area contributed by atoms with E-state index in [0.29, 0.717) is 0 Å². The van der Waals surface area contributed by atoms with Gasteiger partial charge in [-0.05, 0) is 42.5 Å². The first-order valence-corrected chi connectivity index (χ1v) is 10.7. The van der Waals surface area contributed by atoms with Crippen LogP contribution in [0.15, 0.2) is 103 Å². The molecule has 2 nitrogen and oxygen atoms in total. The maximum atomic E-state index is 4.94. The van der Waals surface area contributed by atoms with Crippen molar-refractivity contribution in [3.05, 3.63) is 114 Å².